The van der Waals surface area contributed by atoms with Crippen LogP contribution in [0.4, 0.5) is 0 Å². The minimum Gasteiger partial charge on any atom is -0.364 e. The van der Waals surface area contributed by atoms with Crippen molar-refractivity contribution in [2.75, 3.05) is 33.2 Å². The average molecular weight is 436 g/mol. The highest BCUT2D eigenvalue weighted by Gasteiger charge is 2.29. The molecule has 30 heavy (non-hydrogen) atoms. The molecule has 1 N–H and O–H groups in total. The number of nitrogens with zero attached hydrogens (tertiary/aromatic N) is 6. The summed E-state index contributed by atoms with van der Waals surface area (Å²) in [6.07, 6.45) is 8.43. The largest absolute Gasteiger partial charge is 0.364 e. The summed E-state index contributed by atoms with van der Waals surface area (Å²) in [5.41, 5.74) is 1.41. The van der Waals surface area contributed by atoms with E-state index >= 15 is 0 Å². The summed E-state index contributed by atoms with van der Waals surface area (Å²) in [6.45, 7) is 2.58. The molecule has 1 saturated heterocycles. The highest BCUT2D eigenvalue weighted by molar-refractivity contribution is 7.88. The van der Waals surface area contributed by atoms with Crippen LogP contribution in [0.1, 0.15) is 43.1 Å². The van der Waals surface area contributed by atoms with E-state index in [2.05, 4.69) is 31.2 Å². The first-order valence-electron chi connectivity index (χ1n) is 10.4. The maximum atomic E-state index is 12.6. The van der Waals surface area contributed by atoms with Gasteiger partial charge in [-0.25, -0.2) is 8.42 Å². The van der Waals surface area contributed by atoms with Crippen LogP contribution < -0.4 is 5.32 Å². The SMILES string of the molecule is CN=C(NCc1ccn(C2CCCC2)n1)N1CCN(S(=O)(=O)Cc2ccon2)CC1. The fraction of sp³-hybridized carbons (Fsp3) is 0.632. The number of sulfonamides is 1. The summed E-state index contributed by atoms with van der Waals surface area (Å²) in [7, 11) is -1.67. The Morgan fingerprint density at radius 3 is 2.63 bits per heavy atom. The standard InChI is InChI=1S/C19H29N7O3S/c1-20-19(21-14-16-6-8-26(22-16)18-4-2-3-5-18)24-9-11-25(12-10-24)30(27,28)15-17-7-13-29-23-17/h6-8,13,18H,2-5,9-12,14-15H2,1H3,(H,20,21). The Morgan fingerprint density at radius 2 is 1.97 bits per heavy atom. The Hall–Kier alpha value is -2.40. The van der Waals surface area contributed by atoms with E-state index < -0.39 is 10.0 Å². The molecule has 0 radical (unpaired) electrons. The molecule has 1 aliphatic carbocycles. The van der Waals surface area contributed by atoms with Crippen LogP contribution in [0.15, 0.2) is 34.1 Å². The highest BCUT2D eigenvalue weighted by atomic mass is 32.2. The third-order valence-corrected chi connectivity index (χ3v) is 7.57. The van der Waals surface area contributed by atoms with Crippen molar-refractivity contribution < 1.29 is 12.9 Å². The number of aliphatic imine (C=N–C) groups is 1. The molecule has 11 heteroatoms. The molecule has 2 aromatic rings. The first kappa shape index (κ1) is 20.9. The molecule has 0 unspecified atom stereocenters. The van der Waals surface area contributed by atoms with Gasteiger partial charge in [-0.2, -0.15) is 9.40 Å². The van der Waals surface area contributed by atoms with Crippen molar-refractivity contribution in [3.63, 3.8) is 0 Å². The molecular weight excluding hydrogens is 406 g/mol. The topological polar surface area (TPSA) is 109 Å². The summed E-state index contributed by atoms with van der Waals surface area (Å²) >= 11 is 0. The fourth-order valence-electron chi connectivity index (χ4n) is 4.11. The summed E-state index contributed by atoms with van der Waals surface area (Å²) in [5.74, 6) is 0.624. The van der Waals surface area contributed by atoms with Gasteiger partial charge in [0.15, 0.2) is 5.96 Å². The van der Waals surface area contributed by atoms with Gasteiger partial charge in [0.2, 0.25) is 10.0 Å². The molecule has 164 valence electrons. The minimum atomic E-state index is -3.41. The van der Waals surface area contributed by atoms with Crippen molar-refractivity contribution in [1.29, 1.82) is 0 Å². The van der Waals surface area contributed by atoms with Crippen LogP contribution in [0.2, 0.25) is 0 Å². The first-order chi connectivity index (χ1) is 14.5. The van der Waals surface area contributed by atoms with E-state index in [9.17, 15) is 8.42 Å². The lowest BCUT2D eigenvalue weighted by Gasteiger charge is -2.35. The Morgan fingerprint density at radius 1 is 1.20 bits per heavy atom. The molecule has 2 aliphatic rings. The van der Waals surface area contributed by atoms with Crippen LogP contribution in [-0.4, -0.2) is 71.7 Å². The molecule has 4 rings (SSSR count). The van der Waals surface area contributed by atoms with Crippen LogP contribution in [0.3, 0.4) is 0 Å². The molecular formula is C19H29N7O3S. The zero-order valence-electron chi connectivity index (χ0n) is 17.3. The van der Waals surface area contributed by atoms with Crippen LogP contribution in [-0.2, 0) is 22.3 Å². The lowest BCUT2D eigenvalue weighted by atomic mass is 10.3. The third-order valence-electron chi connectivity index (χ3n) is 5.75. The van der Waals surface area contributed by atoms with Crippen LogP contribution in [0, 0.1) is 0 Å². The fourth-order valence-corrected chi connectivity index (χ4v) is 5.54. The molecule has 0 bridgehead atoms. The van der Waals surface area contributed by atoms with Gasteiger partial charge in [-0.05, 0) is 18.9 Å². The monoisotopic (exact) mass is 435 g/mol. The smallest absolute Gasteiger partial charge is 0.220 e. The molecule has 0 atom stereocenters. The first-order valence-corrected chi connectivity index (χ1v) is 12.0. The Labute approximate surface area is 177 Å². The van der Waals surface area contributed by atoms with E-state index in [1.807, 2.05) is 6.07 Å². The lowest BCUT2D eigenvalue weighted by molar-refractivity contribution is 0.259. The number of piperazine rings is 1. The van der Waals surface area contributed by atoms with E-state index in [0.29, 0.717) is 44.5 Å². The quantitative estimate of drug-likeness (QED) is 0.536. The van der Waals surface area contributed by atoms with Gasteiger partial charge >= 0.3 is 0 Å². The van der Waals surface area contributed by atoms with Gasteiger partial charge in [0.25, 0.3) is 0 Å². The number of rotatable bonds is 6. The number of aromatic nitrogens is 3. The van der Waals surface area contributed by atoms with Crippen molar-refractivity contribution in [3.05, 3.63) is 36.0 Å². The summed E-state index contributed by atoms with van der Waals surface area (Å²) in [6, 6.07) is 4.16. The van der Waals surface area contributed by atoms with Crippen molar-refractivity contribution in [2.24, 2.45) is 4.99 Å². The molecule has 2 aromatic heterocycles. The van der Waals surface area contributed by atoms with Gasteiger partial charge < -0.3 is 14.7 Å². The maximum absolute atomic E-state index is 12.6. The summed E-state index contributed by atoms with van der Waals surface area (Å²) < 4.78 is 33.5. The second-order valence-electron chi connectivity index (χ2n) is 7.76. The number of hydrogen-bond acceptors (Lipinski definition) is 6. The Kier molecular flexibility index (Phi) is 6.38. The lowest BCUT2D eigenvalue weighted by Crippen LogP contribution is -2.53. The van der Waals surface area contributed by atoms with Crippen molar-refractivity contribution in [1.82, 2.24) is 29.5 Å². The molecule has 3 heterocycles. The molecule has 0 amide bonds. The summed E-state index contributed by atoms with van der Waals surface area (Å²) in [4.78, 5) is 6.45. The van der Waals surface area contributed by atoms with E-state index in [1.54, 1.807) is 13.1 Å². The van der Waals surface area contributed by atoms with E-state index in [4.69, 9.17) is 9.62 Å². The van der Waals surface area contributed by atoms with Crippen molar-refractivity contribution in [3.8, 4) is 0 Å². The minimum absolute atomic E-state index is 0.139. The molecule has 0 aromatic carbocycles. The van der Waals surface area contributed by atoms with Crippen LogP contribution in [0.5, 0.6) is 0 Å². The maximum Gasteiger partial charge on any atom is 0.220 e. The predicted molar refractivity (Wildman–Crippen MR) is 112 cm³/mol. The van der Waals surface area contributed by atoms with Gasteiger partial charge in [-0.15, -0.1) is 0 Å². The molecule has 1 saturated carbocycles. The predicted octanol–water partition coefficient (Wildman–Crippen LogP) is 1.21. The molecule has 0 spiro atoms. The second kappa shape index (κ2) is 9.17. The van der Waals surface area contributed by atoms with Crippen molar-refractivity contribution in [2.45, 2.75) is 44.0 Å². The van der Waals surface area contributed by atoms with Crippen molar-refractivity contribution >= 4 is 16.0 Å². The van der Waals surface area contributed by atoms with Gasteiger partial charge in [0.1, 0.15) is 12.0 Å². The number of hydrogen-bond donors (Lipinski definition) is 1. The van der Waals surface area contributed by atoms with Gasteiger partial charge in [-0.3, -0.25) is 9.67 Å². The molecule has 1 aliphatic heterocycles. The number of guanidine groups is 1. The molecule has 10 nitrogen and oxygen atoms in total. The van der Waals surface area contributed by atoms with Crippen LogP contribution >= 0.6 is 0 Å². The number of nitrogens with one attached hydrogen (secondary N) is 1. The van der Waals surface area contributed by atoms with Gasteiger partial charge in [-0.1, -0.05) is 18.0 Å². The zero-order valence-corrected chi connectivity index (χ0v) is 18.1. The second-order valence-corrected chi connectivity index (χ2v) is 9.73. The van der Waals surface area contributed by atoms with Crippen LogP contribution in [0.25, 0.3) is 0 Å². The normalized spacial score (nSPS) is 19.5. The zero-order chi connectivity index (χ0) is 21.0. The van der Waals surface area contributed by atoms with E-state index in [0.717, 1.165) is 11.7 Å². The average Bonchev–Trinajstić information content (AvgIpc) is 3.51. The van der Waals surface area contributed by atoms with Gasteiger partial charge in [0.05, 0.1) is 24.0 Å². The van der Waals surface area contributed by atoms with E-state index in [-0.39, 0.29) is 5.75 Å². The Balaban J connectivity index is 1.28. The summed E-state index contributed by atoms with van der Waals surface area (Å²) in [5, 5.41) is 11.8. The molecule has 2 fully saturated rings. The third kappa shape index (κ3) is 4.84. The highest BCUT2D eigenvalue weighted by Crippen LogP contribution is 2.28. The Bertz CT molecular complexity index is 941. The van der Waals surface area contributed by atoms with Gasteiger partial charge in [0, 0.05) is 45.5 Å². The van der Waals surface area contributed by atoms with E-state index in [1.165, 1.54) is 36.3 Å².